The molecule has 0 saturated heterocycles. The number of esters is 2. The maximum Gasteiger partial charge on any atom is 0.306 e. The second kappa shape index (κ2) is 46.6. The lowest BCUT2D eigenvalue weighted by molar-refractivity contribution is -0.870. The molecule has 0 spiro atoms. The molecule has 372 valence electrons. The Morgan fingerprint density at radius 3 is 1.17 bits per heavy atom. The Balaban J connectivity index is 4.23. The number of nitrogens with zero attached hydrogens (tertiary/aromatic N) is 1. The normalized spacial score (nSPS) is 12.8. The molecule has 0 fully saturated rings. The number of rotatable bonds is 50. The number of quaternary nitrogens is 1. The standard InChI is InChI=1S/C54H103NO8/c1-6-8-10-12-14-16-18-20-22-23-24-25-26-27-28-29-31-32-34-36-38-40-42-44-51(56)61-48-50(49-62-54(53(58)59)60-47-46-55(3,4)5)63-52(57)45-43-41-39-37-35-33-30-21-19-17-15-13-11-9-7-2/h21,30,50,54H,6-20,22-29,31-49H2,1-5H3/b30-21-. The minimum Gasteiger partial charge on any atom is -0.545 e. The first kappa shape index (κ1) is 61.0. The zero-order valence-corrected chi connectivity index (χ0v) is 42.2. The molecule has 0 amide bonds. The fourth-order valence-electron chi connectivity index (χ4n) is 7.83. The van der Waals surface area contributed by atoms with E-state index in [1.165, 1.54) is 173 Å². The van der Waals surface area contributed by atoms with Crippen LogP contribution in [0.15, 0.2) is 12.2 Å². The van der Waals surface area contributed by atoms with Crippen molar-refractivity contribution < 1.29 is 42.9 Å². The van der Waals surface area contributed by atoms with E-state index in [9.17, 15) is 19.5 Å². The van der Waals surface area contributed by atoms with E-state index in [2.05, 4.69) is 26.0 Å². The zero-order valence-electron chi connectivity index (χ0n) is 42.2. The van der Waals surface area contributed by atoms with E-state index >= 15 is 0 Å². The third kappa shape index (κ3) is 47.8. The minimum atomic E-state index is -1.62. The summed E-state index contributed by atoms with van der Waals surface area (Å²) in [5, 5.41) is 11.7. The van der Waals surface area contributed by atoms with Gasteiger partial charge >= 0.3 is 11.9 Å². The van der Waals surface area contributed by atoms with Crippen LogP contribution in [-0.4, -0.2) is 82.3 Å². The van der Waals surface area contributed by atoms with Crippen LogP contribution < -0.4 is 5.11 Å². The Morgan fingerprint density at radius 2 is 0.810 bits per heavy atom. The number of hydrogen-bond acceptors (Lipinski definition) is 8. The SMILES string of the molecule is CCCCCCCC/C=C\CCCCCCCC(=O)OC(COC(=O)CCCCCCCCCCCCCCCCCCCCCCCCC)COC(OCC[N+](C)(C)C)C(=O)[O-]. The molecule has 0 bridgehead atoms. The van der Waals surface area contributed by atoms with Crippen LogP contribution >= 0.6 is 0 Å². The van der Waals surface area contributed by atoms with Gasteiger partial charge in [-0.15, -0.1) is 0 Å². The van der Waals surface area contributed by atoms with Gasteiger partial charge in [-0.1, -0.05) is 219 Å². The molecule has 0 rings (SSSR count). The van der Waals surface area contributed by atoms with Crippen molar-refractivity contribution in [1.82, 2.24) is 0 Å². The molecule has 0 aromatic carbocycles. The molecular formula is C54H103NO8. The number of likely N-dealkylation sites (N-methyl/N-ethyl adjacent to an activating group) is 1. The number of carbonyl (C=O) groups is 3. The summed E-state index contributed by atoms with van der Waals surface area (Å²) in [6.45, 7) is 4.77. The molecule has 0 aliphatic rings. The average Bonchev–Trinajstić information content (AvgIpc) is 3.24. The van der Waals surface area contributed by atoms with E-state index in [1.54, 1.807) is 0 Å². The number of aliphatic carboxylic acids is 1. The van der Waals surface area contributed by atoms with Crippen molar-refractivity contribution in [3.8, 4) is 0 Å². The van der Waals surface area contributed by atoms with E-state index in [0.717, 1.165) is 51.4 Å². The van der Waals surface area contributed by atoms with Gasteiger partial charge in [0.15, 0.2) is 12.4 Å². The third-order valence-electron chi connectivity index (χ3n) is 12.0. The van der Waals surface area contributed by atoms with Crippen LogP contribution in [0.25, 0.3) is 0 Å². The van der Waals surface area contributed by atoms with Crippen molar-refractivity contribution in [3.63, 3.8) is 0 Å². The van der Waals surface area contributed by atoms with Crippen LogP contribution in [0.1, 0.15) is 258 Å². The van der Waals surface area contributed by atoms with Gasteiger partial charge < -0.3 is 33.3 Å². The van der Waals surface area contributed by atoms with Crippen LogP contribution in [0.5, 0.6) is 0 Å². The van der Waals surface area contributed by atoms with Crippen LogP contribution in [0.2, 0.25) is 0 Å². The molecule has 0 heterocycles. The summed E-state index contributed by atoms with van der Waals surface area (Å²) < 4.78 is 22.6. The number of allylic oxidation sites excluding steroid dienone is 2. The average molecular weight is 894 g/mol. The lowest BCUT2D eigenvalue weighted by Crippen LogP contribution is -2.44. The minimum absolute atomic E-state index is 0.149. The maximum absolute atomic E-state index is 12.8. The van der Waals surface area contributed by atoms with Crippen LogP contribution in [0.4, 0.5) is 0 Å². The van der Waals surface area contributed by atoms with Gasteiger partial charge in [0.05, 0.1) is 40.3 Å². The van der Waals surface area contributed by atoms with Gasteiger partial charge in [0.2, 0.25) is 0 Å². The summed E-state index contributed by atoms with van der Waals surface area (Å²) >= 11 is 0. The summed E-state index contributed by atoms with van der Waals surface area (Å²) in [6, 6.07) is 0. The zero-order chi connectivity index (χ0) is 46.3. The molecule has 0 N–H and O–H groups in total. The lowest BCUT2D eigenvalue weighted by atomic mass is 10.0. The molecular weight excluding hydrogens is 791 g/mol. The van der Waals surface area contributed by atoms with Crippen molar-refractivity contribution in [2.24, 2.45) is 0 Å². The Hall–Kier alpha value is -1.97. The van der Waals surface area contributed by atoms with Crippen molar-refractivity contribution in [2.45, 2.75) is 270 Å². The molecule has 2 unspecified atom stereocenters. The highest BCUT2D eigenvalue weighted by atomic mass is 16.7. The number of hydrogen-bond donors (Lipinski definition) is 0. The summed E-state index contributed by atoms with van der Waals surface area (Å²) in [7, 11) is 5.92. The predicted molar refractivity (Wildman–Crippen MR) is 260 cm³/mol. The van der Waals surface area contributed by atoms with Gasteiger partial charge in [-0.2, -0.15) is 0 Å². The van der Waals surface area contributed by atoms with Crippen LogP contribution in [0, 0.1) is 0 Å². The fourth-order valence-corrected chi connectivity index (χ4v) is 7.83. The molecule has 63 heavy (non-hydrogen) atoms. The molecule has 2 atom stereocenters. The van der Waals surface area contributed by atoms with Crippen molar-refractivity contribution in [2.75, 3.05) is 47.5 Å². The Bertz CT molecular complexity index is 1040. The molecule has 0 aliphatic carbocycles. The lowest BCUT2D eigenvalue weighted by Gasteiger charge is -2.26. The van der Waals surface area contributed by atoms with Gasteiger partial charge in [0.1, 0.15) is 13.2 Å². The third-order valence-corrected chi connectivity index (χ3v) is 12.0. The van der Waals surface area contributed by atoms with E-state index < -0.39 is 24.3 Å². The van der Waals surface area contributed by atoms with Gasteiger partial charge in [-0.05, 0) is 38.5 Å². The van der Waals surface area contributed by atoms with E-state index in [1.807, 2.05) is 21.1 Å². The number of unbranched alkanes of at least 4 members (excludes halogenated alkanes) is 33. The molecule has 0 saturated carbocycles. The van der Waals surface area contributed by atoms with Crippen LogP contribution in [-0.2, 0) is 33.3 Å². The smallest absolute Gasteiger partial charge is 0.306 e. The summed E-state index contributed by atoms with van der Waals surface area (Å²) in [5.74, 6) is -2.28. The molecule has 0 aromatic rings. The van der Waals surface area contributed by atoms with Crippen molar-refractivity contribution in [3.05, 3.63) is 12.2 Å². The molecule has 9 nitrogen and oxygen atoms in total. The first-order valence-electron chi connectivity index (χ1n) is 26.8. The summed E-state index contributed by atoms with van der Waals surface area (Å²) in [6.07, 6.45) is 48.2. The van der Waals surface area contributed by atoms with Gasteiger partial charge in [0, 0.05) is 12.8 Å². The number of carboxylic acids is 1. The molecule has 0 aromatic heterocycles. The van der Waals surface area contributed by atoms with Gasteiger partial charge in [-0.3, -0.25) is 9.59 Å². The number of carboxylic acid groups (broad SMARTS) is 1. The highest BCUT2D eigenvalue weighted by molar-refractivity contribution is 5.70. The molecule has 0 radical (unpaired) electrons. The first-order chi connectivity index (χ1) is 30.6. The van der Waals surface area contributed by atoms with E-state index in [-0.39, 0.29) is 32.2 Å². The Kier molecular flexibility index (Phi) is 45.1. The van der Waals surface area contributed by atoms with E-state index in [4.69, 9.17) is 18.9 Å². The van der Waals surface area contributed by atoms with E-state index in [0.29, 0.717) is 23.9 Å². The van der Waals surface area contributed by atoms with Gasteiger partial charge in [0.25, 0.3) is 0 Å². The quantitative estimate of drug-likeness (QED) is 0.0195. The second-order valence-electron chi connectivity index (χ2n) is 19.5. The van der Waals surface area contributed by atoms with Crippen molar-refractivity contribution >= 4 is 17.9 Å². The highest BCUT2D eigenvalue weighted by Crippen LogP contribution is 2.17. The predicted octanol–water partition coefficient (Wildman–Crippen LogP) is 13.7. The molecule has 0 aliphatic heterocycles. The summed E-state index contributed by atoms with van der Waals surface area (Å²) in [5.41, 5.74) is 0. The Labute approximate surface area is 389 Å². The first-order valence-corrected chi connectivity index (χ1v) is 26.8. The number of carbonyl (C=O) groups excluding carboxylic acids is 3. The molecule has 9 heteroatoms. The fraction of sp³-hybridized carbons (Fsp3) is 0.907. The number of ether oxygens (including phenoxy) is 4. The topological polar surface area (TPSA) is 111 Å². The monoisotopic (exact) mass is 894 g/mol. The van der Waals surface area contributed by atoms with Gasteiger partial charge in [-0.25, -0.2) is 0 Å². The second-order valence-corrected chi connectivity index (χ2v) is 19.5. The Morgan fingerprint density at radius 1 is 0.460 bits per heavy atom. The van der Waals surface area contributed by atoms with Crippen LogP contribution in [0.3, 0.4) is 0 Å². The highest BCUT2D eigenvalue weighted by Gasteiger charge is 2.22. The maximum atomic E-state index is 12.8. The van der Waals surface area contributed by atoms with Crippen molar-refractivity contribution in [1.29, 1.82) is 0 Å². The largest absolute Gasteiger partial charge is 0.545 e. The summed E-state index contributed by atoms with van der Waals surface area (Å²) in [4.78, 5) is 37.1.